The van der Waals surface area contributed by atoms with Crippen LogP contribution in [-0.4, -0.2) is 24.7 Å². The zero-order valence-corrected chi connectivity index (χ0v) is 16.7. The van der Waals surface area contributed by atoms with Gasteiger partial charge in [-0.3, -0.25) is 4.79 Å². The topological polar surface area (TPSA) is 73.6 Å². The zero-order valence-electron chi connectivity index (χ0n) is 15.1. The maximum absolute atomic E-state index is 12.3. The minimum atomic E-state index is -0.429. The second-order valence-corrected chi connectivity index (χ2v) is 6.88. The van der Waals surface area contributed by atoms with Gasteiger partial charge in [-0.1, -0.05) is 23.7 Å². The summed E-state index contributed by atoms with van der Waals surface area (Å²) in [5.41, 5.74) is 8.27. The fourth-order valence-electron chi connectivity index (χ4n) is 2.94. The number of aryl methyl sites for hydroxylation is 1. The van der Waals surface area contributed by atoms with Crippen molar-refractivity contribution in [1.82, 2.24) is 0 Å². The molecule has 1 aliphatic heterocycles. The van der Waals surface area contributed by atoms with Gasteiger partial charge in [0.1, 0.15) is 18.5 Å². The second-order valence-electron chi connectivity index (χ2n) is 6.44. The Kier molecular flexibility index (Phi) is 7.92. The molecule has 1 saturated heterocycles. The maximum atomic E-state index is 12.3. The number of hydrogen-bond donors (Lipinski definition) is 2. The number of halogens is 2. The Bertz CT molecular complexity index is 786. The molecule has 2 aromatic carbocycles. The monoisotopic (exact) mass is 410 g/mol. The van der Waals surface area contributed by atoms with Gasteiger partial charge in [-0.05, 0) is 61.2 Å². The number of amides is 1. The van der Waals surface area contributed by atoms with Crippen LogP contribution >= 0.6 is 24.0 Å². The Hall–Kier alpha value is -1.79. The SMILES string of the molecule is Cc1cc(OCc2cccc(Cl)c2)ccc1NC(=O)[C@@H]1CC[C@H](CN)O1.Cl. The molecule has 0 saturated carbocycles. The molecule has 1 aliphatic rings. The van der Waals surface area contributed by atoms with Gasteiger partial charge in [0.2, 0.25) is 0 Å². The van der Waals surface area contributed by atoms with Crippen LogP contribution in [0, 0.1) is 6.92 Å². The molecular formula is C20H24Cl2N2O3. The van der Waals surface area contributed by atoms with Gasteiger partial charge in [-0.15, -0.1) is 12.4 Å². The van der Waals surface area contributed by atoms with E-state index in [1.165, 1.54) is 0 Å². The van der Waals surface area contributed by atoms with Gasteiger partial charge in [0.15, 0.2) is 0 Å². The van der Waals surface area contributed by atoms with E-state index in [1.807, 2.05) is 49.4 Å². The Labute approximate surface area is 170 Å². The van der Waals surface area contributed by atoms with Crippen molar-refractivity contribution < 1.29 is 14.3 Å². The summed E-state index contributed by atoms with van der Waals surface area (Å²) in [5, 5.41) is 3.61. The van der Waals surface area contributed by atoms with Crippen molar-refractivity contribution in [3.63, 3.8) is 0 Å². The molecule has 1 amide bonds. The van der Waals surface area contributed by atoms with Gasteiger partial charge >= 0.3 is 0 Å². The lowest BCUT2D eigenvalue weighted by atomic mass is 10.1. The van der Waals surface area contributed by atoms with E-state index in [-0.39, 0.29) is 24.4 Å². The number of nitrogens with two attached hydrogens (primary N) is 1. The minimum absolute atomic E-state index is 0. The fraction of sp³-hybridized carbons (Fsp3) is 0.350. The third-order valence-electron chi connectivity index (χ3n) is 4.41. The van der Waals surface area contributed by atoms with E-state index in [9.17, 15) is 4.79 Å². The number of carbonyl (C=O) groups excluding carboxylic acids is 1. The van der Waals surface area contributed by atoms with Crippen LogP contribution in [0.4, 0.5) is 5.69 Å². The minimum Gasteiger partial charge on any atom is -0.489 e. The van der Waals surface area contributed by atoms with Crippen LogP contribution in [0.2, 0.25) is 5.02 Å². The van der Waals surface area contributed by atoms with Crippen molar-refractivity contribution in [2.24, 2.45) is 5.73 Å². The predicted octanol–water partition coefficient (Wildman–Crippen LogP) is 4.09. The summed E-state index contributed by atoms with van der Waals surface area (Å²) in [6.45, 7) is 2.81. The first-order chi connectivity index (χ1) is 12.5. The summed E-state index contributed by atoms with van der Waals surface area (Å²) >= 11 is 5.98. The van der Waals surface area contributed by atoms with Crippen LogP contribution in [0.3, 0.4) is 0 Å². The third kappa shape index (κ3) is 5.84. The lowest BCUT2D eigenvalue weighted by Gasteiger charge is -2.15. The molecular weight excluding hydrogens is 387 g/mol. The van der Waals surface area contributed by atoms with Crippen LogP contribution in [0.5, 0.6) is 5.75 Å². The van der Waals surface area contributed by atoms with Gasteiger partial charge in [-0.25, -0.2) is 0 Å². The van der Waals surface area contributed by atoms with E-state index in [0.29, 0.717) is 24.6 Å². The molecule has 1 heterocycles. The molecule has 2 atom stereocenters. The van der Waals surface area contributed by atoms with Crippen LogP contribution in [0.1, 0.15) is 24.0 Å². The first-order valence-electron chi connectivity index (χ1n) is 8.69. The molecule has 146 valence electrons. The number of carbonyl (C=O) groups is 1. The van der Waals surface area contributed by atoms with Gasteiger partial charge < -0.3 is 20.5 Å². The van der Waals surface area contributed by atoms with E-state index < -0.39 is 6.10 Å². The van der Waals surface area contributed by atoms with Crippen molar-refractivity contribution in [1.29, 1.82) is 0 Å². The lowest BCUT2D eigenvalue weighted by Crippen LogP contribution is -2.30. The Morgan fingerprint density at radius 1 is 1.30 bits per heavy atom. The van der Waals surface area contributed by atoms with Crippen molar-refractivity contribution in [3.05, 3.63) is 58.6 Å². The van der Waals surface area contributed by atoms with E-state index in [1.54, 1.807) is 0 Å². The average Bonchev–Trinajstić information content (AvgIpc) is 3.11. The van der Waals surface area contributed by atoms with Crippen LogP contribution in [0.15, 0.2) is 42.5 Å². The fourth-order valence-corrected chi connectivity index (χ4v) is 3.16. The first-order valence-corrected chi connectivity index (χ1v) is 9.07. The number of rotatable bonds is 6. The standard InChI is InChI=1S/C20H23ClN2O3.ClH/c1-13-9-16(25-12-14-3-2-4-15(21)10-14)5-7-18(13)23-20(24)19-8-6-17(11-22)26-19;/h2-5,7,9-10,17,19H,6,8,11-12,22H2,1H3,(H,23,24);1H/t17-,19+;/m1./s1. The largest absolute Gasteiger partial charge is 0.489 e. The van der Waals surface area contributed by atoms with Crippen LogP contribution < -0.4 is 15.8 Å². The number of nitrogens with one attached hydrogen (secondary N) is 1. The summed E-state index contributed by atoms with van der Waals surface area (Å²) in [5.74, 6) is 0.609. The summed E-state index contributed by atoms with van der Waals surface area (Å²) in [7, 11) is 0. The number of ether oxygens (including phenoxy) is 2. The maximum Gasteiger partial charge on any atom is 0.253 e. The summed E-state index contributed by atoms with van der Waals surface area (Å²) in [6, 6.07) is 13.1. The number of hydrogen-bond acceptors (Lipinski definition) is 4. The van der Waals surface area contributed by atoms with Gasteiger partial charge in [0.25, 0.3) is 5.91 Å². The molecule has 3 rings (SSSR count). The summed E-state index contributed by atoms with van der Waals surface area (Å²) in [4.78, 5) is 12.3. The highest BCUT2D eigenvalue weighted by Gasteiger charge is 2.30. The lowest BCUT2D eigenvalue weighted by molar-refractivity contribution is -0.126. The Morgan fingerprint density at radius 3 is 2.78 bits per heavy atom. The van der Waals surface area contributed by atoms with Gasteiger partial charge in [0.05, 0.1) is 6.10 Å². The number of anilines is 1. The van der Waals surface area contributed by atoms with E-state index in [4.69, 9.17) is 26.8 Å². The van der Waals surface area contributed by atoms with Gasteiger partial charge in [-0.2, -0.15) is 0 Å². The molecule has 0 aromatic heterocycles. The summed E-state index contributed by atoms with van der Waals surface area (Å²) < 4.78 is 11.4. The Balaban J connectivity index is 0.00000261. The predicted molar refractivity (Wildman–Crippen MR) is 110 cm³/mol. The molecule has 1 fully saturated rings. The molecule has 0 spiro atoms. The third-order valence-corrected chi connectivity index (χ3v) is 4.65. The molecule has 0 unspecified atom stereocenters. The average molecular weight is 411 g/mol. The van der Waals surface area contributed by atoms with Crippen molar-refractivity contribution in [2.75, 3.05) is 11.9 Å². The van der Waals surface area contributed by atoms with E-state index in [0.717, 1.165) is 29.0 Å². The van der Waals surface area contributed by atoms with Gasteiger partial charge in [0, 0.05) is 17.3 Å². The van der Waals surface area contributed by atoms with Crippen LogP contribution in [-0.2, 0) is 16.1 Å². The quantitative estimate of drug-likeness (QED) is 0.751. The molecule has 7 heteroatoms. The number of benzene rings is 2. The smallest absolute Gasteiger partial charge is 0.253 e. The molecule has 3 N–H and O–H groups in total. The van der Waals surface area contributed by atoms with Crippen molar-refractivity contribution >= 4 is 35.6 Å². The molecule has 2 aromatic rings. The highest BCUT2D eigenvalue weighted by molar-refractivity contribution is 6.30. The zero-order chi connectivity index (χ0) is 18.5. The normalized spacial score (nSPS) is 18.6. The van der Waals surface area contributed by atoms with E-state index in [2.05, 4.69) is 5.32 Å². The van der Waals surface area contributed by atoms with Crippen molar-refractivity contribution in [2.45, 2.75) is 38.6 Å². The summed E-state index contributed by atoms with van der Waals surface area (Å²) in [6.07, 6.45) is 1.08. The van der Waals surface area contributed by atoms with Crippen molar-refractivity contribution in [3.8, 4) is 5.75 Å². The molecule has 5 nitrogen and oxygen atoms in total. The highest BCUT2D eigenvalue weighted by Crippen LogP contribution is 2.25. The van der Waals surface area contributed by atoms with E-state index >= 15 is 0 Å². The molecule has 0 radical (unpaired) electrons. The van der Waals surface area contributed by atoms with Crippen LogP contribution in [0.25, 0.3) is 0 Å². The molecule has 0 aliphatic carbocycles. The molecule has 0 bridgehead atoms. The first kappa shape index (κ1) is 21.5. The second kappa shape index (κ2) is 9.95. The Morgan fingerprint density at radius 2 is 2.11 bits per heavy atom. The molecule has 27 heavy (non-hydrogen) atoms. The highest BCUT2D eigenvalue weighted by atomic mass is 35.5.